The van der Waals surface area contributed by atoms with E-state index < -0.39 is 10.1 Å². The molecule has 0 saturated heterocycles. The van der Waals surface area contributed by atoms with Crippen molar-refractivity contribution < 1.29 is 17.5 Å². The van der Waals surface area contributed by atoms with Crippen LogP contribution in [0.25, 0.3) is 0 Å². The molecule has 0 atom stereocenters. The van der Waals surface area contributed by atoms with Gasteiger partial charge in [0.15, 0.2) is 0 Å². The van der Waals surface area contributed by atoms with Gasteiger partial charge in [-0.05, 0) is 56.8 Å². The normalized spacial score (nSPS) is 12.8. The molecule has 0 aliphatic carbocycles. The zero-order valence-electron chi connectivity index (χ0n) is 33.3. The number of allylic oxidation sites excluding steroid dienone is 3. The SMILES string of the molecule is CCCCCCCCCCCC/C=C/[N+](/C=C/CCCCCCCCCCCC)(/C=C/CCCCCCCCCCCC)CCS(=O)(=O)O. The van der Waals surface area contributed by atoms with Crippen LogP contribution in [0.2, 0.25) is 0 Å². The van der Waals surface area contributed by atoms with Crippen molar-refractivity contribution >= 4 is 10.1 Å². The summed E-state index contributed by atoms with van der Waals surface area (Å²) in [6.07, 6.45) is 56.2. The maximum Gasteiger partial charge on any atom is 0.270 e. The van der Waals surface area contributed by atoms with Crippen LogP contribution in [0.3, 0.4) is 0 Å². The van der Waals surface area contributed by atoms with Crippen LogP contribution in [0.5, 0.6) is 0 Å². The molecule has 4 nitrogen and oxygen atoms in total. The summed E-state index contributed by atoms with van der Waals surface area (Å²) < 4.78 is 33.8. The lowest BCUT2D eigenvalue weighted by Crippen LogP contribution is -2.35. The van der Waals surface area contributed by atoms with Crippen LogP contribution >= 0.6 is 0 Å². The highest BCUT2D eigenvalue weighted by Crippen LogP contribution is 2.19. The van der Waals surface area contributed by atoms with Gasteiger partial charge in [0.2, 0.25) is 0 Å². The van der Waals surface area contributed by atoms with Gasteiger partial charge in [0.05, 0.1) is 0 Å². The molecule has 0 bridgehead atoms. The second kappa shape index (κ2) is 36.9. The fourth-order valence-corrected chi connectivity index (χ4v) is 7.25. The van der Waals surface area contributed by atoms with Crippen molar-refractivity contribution in [1.29, 1.82) is 0 Å². The summed E-state index contributed by atoms with van der Waals surface area (Å²) in [6, 6.07) is 0. The Hall–Kier alpha value is -0.910. The first kappa shape index (κ1) is 48.1. The lowest BCUT2D eigenvalue weighted by Gasteiger charge is -2.26. The topological polar surface area (TPSA) is 54.4 Å². The van der Waals surface area contributed by atoms with E-state index in [-0.39, 0.29) is 5.75 Å². The molecule has 0 unspecified atom stereocenters. The van der Waals surface area contributed by atoms with Gasteiger partial charge in [0.25, 0.3) is 10.1 Å². The van der Waals surface area contributed by atoms with Gasteiger partial charge in [-0.15, -0.1) is 0 Å². The van der Waals surface area contributed by atoms with Crippen LogP contribution in [0, 0.1) is 0 Å². The zero-order chi connectivity index (χ0) is 36.0. The van der Waals surface area contributed by atoms with Gasteiger partial charge in [-0.2, -0.15) is 8.42 Å². The molecule has 290 valence electrons. The van der Waals surface area contributed by atoms with Gasteiger partial charge in [0, 0.05) is 0 Å². The molecule has 0 aromatic carbocycles. The summed E-state index contributed by atoms with van der Waals surface area (Å²) in [5.74, 6) is -0.235. The Kier molecular flexibility index (Phi) is 36.2. The highest BCUT2D eigenvalue weighted by Gasteiger charge is 2.22. The maximum absolute atomic E-state index is 11.9. The van der Waals surface area contributed by atoms with Crippen molar-refractivity contribution in [1.82, 2.24) is 0 Å². The van der Waals surface area contributed by atoms with Crippen molar-refractivity contribution in [2.75, 3.05) is 12.3 Å². The first-order valence-electron chi connectivity index (χ1n) is 21.7. The minimum atomic E-state index is -4.04. The van der Waals surface area contributed by atoms with Crippen molar-refractivity contribution in [3.8, 4) is 0 Å². The van der Waals surface area contributed by atoms with Gasteiger partial charge in [-0.1, -0.05) is 194 Å². The van der Waals surface area contributed by atoms with Crippen LogP contribution in [0.15, 0.2) is 36.8 Å². The molecule has 0 saturated carbocycles. The Balaban J connectivity index is 4.99. The fraction of sp³-hybridized carbons (Fsp3) is 0.864. The van der Waals surface area contributed by atoms with Crippen molar-refractivity contribution in [3.63, 3.8) is 0 Å². The molecule has 1 N–H and O–H groups in total. The second-order valence-electron chi connectivity index (χ2n) is 15.1. The Morgan fingerprint density at radius 2 is 0.612 bits per heavy atom. The fourth-order valence-electron chi connectivity index (χ4n) is 6.71. The molecule has 0 aromatic heterocycles. The van der Waals surface area contributed by atoms with E-state index in [1.165, 1.54) is 193 Å². The third-order valence-electron chi connectivity index (χ3n) is 10.1. The van der Waals surface area contributed by atoms with Crippen molar-refractivity contribution in [2.45, 2.75) is 233 Å². The smallest absolute Gasteiger partial charge is 0.270 e. The largest absolute Gasteiger partial charge is 0.285 e. The minimum Gasteiger partial charge on any atom is -0.285 e. The van der Waals surface area contributed by atoms with Crippen LogP contribution in [-0.2, 0) is 10.1 Å². The Labute approximate surface area is 308 Å². The Bertz CT molecular complexity index is 780. The third-order valence-corrected chi connectivity index (χ3v) is 10.8. The molecular weight excluding hydrogens is 623 g/mol. The van der Waals surface area contributed by atoms with Crippen molar-refractivity contribution in [3.05, 3.63) is 36.8 Å². The summed E-state index contributed by atoms with van der Waals surface area (Å²) in [7, 11) is -4.04. The average Bonchev–Trinajstić information content (AvgIpc) is 3.08. The van der Waals surface area contributed by atoms with E-state index in [1.54, 1.807) is 0 Å². The molecule has 0 amide bonds. The number of quaternary nitrogens is 1. The number of unbranched alkanes of at least 4 members (excludes halogenated alkanes) is 30. The van der Waals surface area contributed by atoms with Crippen molar-refractivity contribution in [2.24, 2.45) is 0 Å². The number of hydrogen-bond acceptors (Lipinski definition) is 2. The molecule has 0 heterocycles. The Morgan fingerprint density at radius 1 is 0.388 bits per heavy atom. The quantitative estimate of drug-likeness (QED) is 0.0393. The molecular formula is C44H86NO3S+. The number of rotatable bonds is 39. The first-order chi connectivity index (χ1) is 23.9. The summed E-state index contributed by atoms with van der Waals surface area (Å²) in [6.45, 7) is 7.15. The van der Waals surface area contributed by atoms with Crippen LogP contribution < -0.4 is 0 Å². The van der Waals surface area contributed by atoms with E-state index in [2.05, 4.69) is 57.6 Å². The van der Waals surface area contributed by atoms with Gasteiger partial charge in [-0.25, -0.2) is 4.48 Å². The second-order valence-corrected chi connectivity index (χ2v) is 16.6. The predicted molar refractivity (Wildman–Crippen MR) is 218 cm³/mol. The molecule has 0 aliphatic rings. The highest BCUT2D eigenvalue weighted by atomic mass is 32.2. The van der Waals surface area contributed by atoms with Gasteiger partial charge >= 0.3 is 0 Å². The third kappa shape index (κ3) is 36.7. The van der Waals surface area contributed by atoms with E-state index in [9.17, 15) is 13.0 Å². The van der Waals surface area contributed by atoms with Crippen LogP contribution in [-0.4, -0.2) is 29.8 Å². The molecule has 0 aromatic rings. The number of nitrogens with zero attached hydrogens (tertiary/aromatic N) is 1. The van der Waals surface area contributed by atoms with E-state index in [4.69, 9.17) is 0 Å². The van der Waals surface area contributed by atoms with E-state index >= 15 is 0 Å². The van der Waals surface area contributed by atoms with E-state index in [0.29, 0.717) is 11.0 Å². The highest BCUT2D eigenvalue weighted by molar-refractivity contribution is 7.85. The molecule has 0 aliphatic heterocycles. The maximum atomic E-state index is 11.9. The van der Waals surface area contributed by atoms with Crippen LogP contribution in [0.4, 0.5) is 0 Å². The number of hydrogen-bond donors (Lipinski definition) is 1. The average molecular weight is 709 g/mol. The predicted octanol–water partition coefficient (Wildman–Crippen LogP) is 15.2. The van der Waals surface area contributed by atoms with Crippen LogP contribution in [0.1, 0.15) is 233 Å². The molecule has 49 heavy (non-hydrogen) atoms. The lowest BCUT2D eigenvalue weighted by molar-refractivity contribution is -0.770. The van der Waals surface area contributed by atoms with Gasteiger partial charge < -0.3 is 0 Å². The van der Waals surface area contributed by atoms with E-state index in [1.807, 2.05) is 0 Å². The molecule has 0 radical (unpaired) electrons. The minimum absolute atomic E-state index is 0.235. The summed E-state index contributed by atoms with van der Waals surface area (Å²) in [5, 5.41) is 0. The molecule has 5 heteroatoms. The summed E-state index contributed by atoms with van der Waals surface area (Å²) in [5.41, 5.74) is 0. The van der Waals surface area contributed by atoms with Gasteiger partial charge in [-0.3, -0.25) is 4.55 Å². The molecule has 0 spiro atoms. The van der Waals surface area contributed by atoms with Gasteiger partial charge in [0.1, 0.15) is 30.9 Å². The zero-order valence-corrected chi connectivity index (χ0v) is 34.1. The monoisotopic (exact) mass is 709 g/mol. The summed E-state index contributed by atoms with van der Waals surface area (Å²) in [4.78, 5) is 0. The first-order valence-corrected chi connectivity index (χ1v) is 23.4. The molecule has 0 rings (SSSR count). The summed E-state index contributed by atoms with van der Waals surface area (Å²) >= 11 is 0. The Morgan fingerprint density at radius 3 is 0.837 bits per heavy atom. The van der Waals surface area contributed by atoms with E-state index in [0.717, 1.165) is 19.3 Å². The standard InChI is InChI=1S/C44H85NO3S/c1-4-7-10-13-16-19-22-25-28-31-34-37-40-45(43-44-49(46,47)48,41-38-35-32-29-26-23-20-17-14-11-8-5-2)42-39-36-33-30-27-24-21-18-15-12-9-6-3/h37-42H,4-36,43-44H2,1-3H3/p+1/b40-37+,41-38+,42-39+. The lowest BCUT2D eigenvalue weighted by atomic mass is 10.1. The molecule has 0 fully saturated rings.